The first kappa shape index (κ1) is 14.3. The molecule has 2 rings (SSSR count). The number of hydrogen-bond donors (Lipinski definition) is 1. The van der Waals surface area contributed by atoms with E-state index in [2.05, 4.69) is 26.2 Å². The van der Waals surface area contributed by atoms with Crippen LogP contribution in [0, 0.1) is 10.1 Å². The summed E-state index contributed by atoms with van der Waals surface area (Å²) in [5, 5.41) is 14.0. The highest BCUT2D eigenvalue weighted by Crippen LogP contribution is 2.32. The predicted octanol–water partition coefficient (Wildman–Crippen LogP) is 3.89. The molecule has 1 aromatic carbocycles. The Morgan fingerprint density at radius 2 is 2.20 bits per heavy atom. The second kappa shape index (κ2) is 6.33. The second-order valence-corrected chi connectivity index (χ2v) is 4.75. The van der Waals surface area contributed by atoms with E-state index in [0.29, 0.717) is 22.5 Å². The lowest BCUT2D eigenvalue weighted by Crippen LogP contribution is -2.02. The molecule has 7 heteroatoms. The summed E-state index contributed by atoms with van der Waals surface area (Å²) in [4.78, 5) is 14.6. The Bertz CT molecular complexity index is 634. The zero-order valence-corrected chi connectivity index (χ0v) is 12.3. The van der Waals surface area contributed by atoms with E-state index in [4.69, 9.17) is 4.74 Å². The van der Waals surface area contributed by atoms with Gasteiger partial charge in [0.25, 0.3) is 0 Å². The smallest absolute Gasteiger partial charge is 0.312 e. The molecule has 0 saturated carbocycles. The molecule has 104 valence electrons. The lowest BCUT2D eigenvalue weighted by atomic mass is 10.3. The molecule has 0 radical (unpaired) electrons. The van der Waals surface area contributed by atoms with E-state index in [1.807, 2.05) is 19.1 Å². The van der Waals surface area contributed by atoms with Gasteiger partial charge in [0.05, 0.1) is 17.2 Å². The zero-order valence-electron chi connectivity index (χ0n) is 10.7. The van der Waals surface area contributed by atoms with E-state index in [1.165, 1.54) is 12.3 Å². The number of nitrogens with zero attached hydrogens (tertiary/aromatic N) is 2. The van der Waals surface area contributed by atoms with Crippen molar-refractivity contribution in [3.8, 4) is 5.75 Å². The highest BCUT2D eigenvalue weighted by Gasteiger charge is 2.17. The van der Waals surface area contributed by atoms with Crippen molar-refractivity contribution in [1.82, 2.24) is 4.98 Å². The Morgan fingerprint density at radius 3 is 2.90 bits per heavy atom. The van der Waals surface area contributed by atoms with Crippen molar-refractivity contribution in [3.05, 3.63) is 51.1 Å². The number of anilines is 2. The third-order valence-corrected chi connectivity index (χ3v) is 2.90. The topological polar surface area (TPSA) is 77.3 Å². The number of pyridine rings is 1. The summed E-state index contributed by atoms with van der Waals surface area (Å²) in [6.45, 7) is 2.38. The molecule has 2 aromatic rings. The lowest BCUT2D eigenvalue weighted by molar-refractivity contribution is -0.384. The fourth-order valence-electron chi connectivity index (χ4n) is 1.64. The Hall–Kier alpha value is -2.15. The number of hydrogen-bond acceptors (Lipinski definition) is 5. The zero-order chi connectivity index (χ0) is 14.5. The summed E-state index contributed by atoms with van der Waals surface area (Å²) >= 11 is 3.17. The summed E-state index contributed by atoms with van der Waals surface area (Å²) in [6.07, 6.45) is 1.50. The second-order valence-electron chi connectivity index (χ2n) is 3.83. The fraction of sp³-hybridized carbons (Fsp3) is 0.154. The molecule has 0 saturated heterocycles. The average Bonchev–Trinajstić information content (AvgIpc) is 2.43. The molecule has 1 aromatic heterocycles. The van der Waals surface area contributed by atoms with Crippen molar-refractivity contribution in [2.45, 2.75) is 6.92 Å². The standard InChI is InChI=1S/C13H12BrN3O3/c1-2-20-12-6-4-3-5-10(12)16-13-11(17(18)19)7-9(14)8-15-13/h3-8H,2H2,1H3,(H,15,16). The first-order valence-electron chi connectivity index (χ1n) is 5.90. The minimum absolute atomic E-state index is 0.106. The van der Waals surface area contributed by atoms with Crippen LogP contribution in [0.15, 0.2) is 41.0 Å². The minimum Gasteiger partial charge on any atom is -0.492 e. The molecule has 0 aliphatic heterocycles. The molecule has 0 spiro atoms. The molecular formula is C13H12BrN3O3. The van der Waals surface area contributed by atoms with E-state index in [1.54, 1.807) is 12.1 Å². The van der Waals surface area contributed by atoms with Gasteiger partial charge in [0.15, 0.2) is 0 Å². The maximum absolute atomic E-state index is 11.0. The normalized spacial score (nSPS) is 10.1. The van der Waals surface area contributed by atoms with Gasteiger partial charge in [-0.25, -0.2) is 4.98 Å². The van der Waals surface area contributed by atoms with Gasteiger partial charge in [-0.1, -0.05) is 12.1 Å². The molecule has 0 amide bonds. The molecule has 20 heavy (non-hydrogen) atoms. The van der Waals surface area contributed by atoms with Crippen LogP contribution in [-0.2, 0) is 0 Å². The molecule has 0 bridgehead atoms. The van der Waals surface area contributed by atoms with Gasteiger partial charge in [-0.15, -0.1) is 0 Å². The molecule has 0 aliphatic rings. The predicted molar refractivity (Wildman–Crippen MR) is 79.5 cm³/mol. The van der Waals surface area contributed by atoms with Crippen LogP contribution in [0.1, 0.15) is 6.92 Å². The van der Waals surface area contributed by atoms with Gasteiger partial charge >= 0.3 is 5.69 Å². The van der Waals surface area contributed by atoms with Crippen LogP contribution in [0.3, 0.4) is 0 Å². The quantitative estimate of drug-likeness (QED) is 0.661. The highest BCUT2D eigenvalue weighted by molar-refractivity contribution is 9.10. The lowest BCUT2D eigenvalue weighted by Gasteiger charge is -2.11. The van der Waals surface area contributed by atoms with Crippen LogP contribution < -0.4 is 10.1 Å². The van der Waals surface area contributed by atoms with Gasteiger partial charge in [-0.3, -0.25) is 10.1 Å². The maximum atomic E-state index is 11.0. The number of aromatic nitrogens is 1. The summed E-state index contributed by atoms with van der Waals surface area (Å²) in [5.41, 5.74) is 0.526. The molecule has 0 unspecified atom stereocenters. The van der Waals surface area contributed by atoms with Gasteiger partial charge in [-0.2, -0.15) is 0 Å². The number of benzene rings is 1. The molecule has 6 nitrogen and oxygen atoms in total. The van der Waals surface area contributed by atoms with Gasteiger partial charge in [-0.05, 0) is 35.0 Å². The summed E-state index contributed by atoms with van der Waals surface area (Å²) in [6, 6.07) is 8.61. The molecule has 1 N–H and O–H groups in total. The number of nitro groups is 1. The van der Waals surface area contributed by atoms with Crippen LogP contribution in [0.5, 0.6) is 5.75 Å². The van der Waals surface area contributed by atoms with Gasteiger partial charge in [0, 0.05) is 16.7 Å². The van der Waals surface area contributed by atoms with E-state index in [0.717, 1.165) is 0 Å². The molecule has 0 fully saturated rings. The van der Waals surface area contributed by atoms with Crippen molar-refractivity contribution >= 4 is 33.1 Å². The van der Waals surface area contributed by atoms with Crippen LogP contribution >= 0.6 is 15.9 Å². The molecule has 1 heterocycles. The van der Waals surface area contributed by atoms with E-state index in [9.17, 15) is 10.1 Å². The number of para-hydroxylation sites is 2. The van der Waals surface area contributed by atoms with E-state index in [-0.39, 0.29) is 11.5 Å². The summed E-state index contributed by atoms with van der Waals surface area (Å²) in [7, 11) is 0. The number of ether oxygens (including phenoxy) is 1. The van der Waals surface area contributed by atoms with Crippen molar-refractivity contribution in [2.24, 2.45) is 0 Å². The average molecular weight is 338 g/mol. The SMILES string of the molecule is CCOc1ccccc1Nc1ncc(Br)cc1[N+](=O)[O-]. The van der Waals surface area contributed by atoms with Crippen molar-refractivity contribution in [3.63, 3.8) is 0 Å². The third-order valence-electron chi connectivity index (χ3n) is 2.47. The van der Waals surface area contributed by atoms with Crippen molar-refractivity contribution < 1.29 is 9.66 Å². The summed E-state index contributed by atoms with van der Waals surface area (Å²) in [5.74, 6) is 0.791. The van der Waals surface area contributed by atoms with E-state index >= 15 is 0 Å². The fourth-order valence-corrected chi connectivity index (χ4v) is 1.96. The highest BCUT2D eigenvalue weighted by atomic mass is 79.9. The van der Waals surface area contributed by atoms with Gasteiger partial charge in [0.1, 0.15) is 5.75 Å². The first-order chi connectivity index (χ1) is 9.61. The van der Waals surface area contributed by atoms with Gasteiger partial charge in [0.2, 0.25) is 5.82 Å². The van der Waals surface area contributed by atoms with Crippen molar-refractivity contribution in [2.75, 3.05) is 11.9 Å². The van der Waals surface area contributed by atoms with E-state index < -0.39 is 4.92 Å². The van der Waals surface area contributed by atoms with Gasteiger partial charge < -0.3 is 10.1 Å². The Labute approximate surface area is 124 Å². The van der Waals surface area contributed by atoms with Crippen LogP contribution in [0.2, 0.25) is 0 Å². The minimum atomic E-state index is -0.483. The maximum Gasteiger partial charge on any atom is 0.312 e. The first-order valence-corrected chi connectivity index (χ1v) is 6.70. The largest absolute Gasteiger partial charge is 0.492 e. The number of nitrogens with one attached hydrogen (secondary N) is 1. The molecule has 0 aliphatic carbocycles. The Morgan fingerprint density at radius 1 is 1.45 bits per heavy atom. The van der Waals surface area contributed by atoms with Crippen LogP contribution in [0.4, 0.5) is 17.2 Å². The third kappa shape index (κ3) is 3.24. The van der Waals surface area contributed by atoms with Crippen LogP contribution in [-0.4, -0.2) is 16.5 Å². The summed E-state index contributed by atoms with van der Waals surface area (Å²) < 4.78 is 6.01. The monoisotopic (exact) mass is 337 g/mol. The van der Waals surface area contributed by atoms with Crippen LogP contribution in [0.25, 0.3) is 0 Å². The Kier molecular flexibility index (Phi) is 4.52. The number of rotatable bonds is 5. The number of halogens is 1. The molecule has 0 atom stereocenters. The molecular weight excluding hydrogens is 326 g/mol. The van der Waals surface area contributed by atoms with Crippen molar-refractivity contribution in [1.29, 1.82) is 0 Å². The Balaban J connectivity index is 2.37.